The Bertz CT molecular complexity index is 867. The third-order valence-electron chi connectivity index (χ3n) is 4.09. The largest absolute Gasteiger partial charge is 0.268 e. The molecule has 0 aliphatic carbocycles. The summed E-state index contributed by atoms with van der Waals surface area (Å²) in [6.45, 7) is 1.03. The minimum absolute atomic E-state index is 0.0802. The third-order valence-corrected chi connectivity index (χ3v) is 6.47. The first-order valence-electron chi connectivity index (χ1n) is 7.84. The summed E-state index contributed by atoms with van der Waals surface area (Å²) in [4.78, 5) is 11.2. The summed E-state index contributed by atoms with van der Waals surface area (Å²) >= 11 is 6.17. The van der Waals surface area contributed by atoms with Crippen LogP contribution in [0, 0.1) is 0 Å². The summed E-state index contributed by atoms with van der Waals surface area (Å²) in [6.07, 6.45) is 3.80. The number of sulfonamides is 1. The summed E-state index contributed by atoms with van der Waals surface area (Å²) in [5.74, 6) is 0. The van der Waals surface area contributed by atoms with E-state index in [0.29, 0.717) is 24.3 Å². The summed E-state index contributed by atoms with van der Waals surface area (Å²) < 4.78 is 27.4. The van der Waals surface area contributed by atoms with Gasteiger partial charge in [0, 0.05) is 24.7 Å². The fourth-order valence-corrected chi connectivity index (χ4v) is 4.80. The van der Waals surface area contributed by atoms with Gasteiger partial charge in [0.2, 0.25) is 10.0 Å². The maximum atomic E-state index is 13.0. The molecule has 0 unspecified atom stereocenters. The zero-order valence-electron chi connectivity index (χ0n) is 13.0. The van der Waals surface area contributed by atoms with Crippen LogP contribution < -0.4 is 5.56 Å². The fraction of sp³-hybridized carbons (Fsp3) is 0.375. The zero-order chi connectivity index (χ0) is 17.2. The van der Waals surface area contributed by atoms with Crippen molar-refractivity contribution in [3.05, 3.63) is 45.7 Å². The van der Waals surface area contributed by atoms with Crippen LogP contribution in [-0.2, 0) is 10.0 Å². The topological polar surface area (TPSA) is 83.1 Å². The molecule has 0 bridgehead atoms. The molecule has 0 spiro atoms. The van der Waals surface area contributed by atoms with Crippen LogP contribution in [0.5, 0.6) is 0 Å². The normalized spacial score (nSPS) is 16.7. The molecule has 1 aliphatic heterocycles. The van der Waals surface area contributed by atoms with Gasteiger partial charge in [-0.05, 0) is 31.0 Å². The van der Waals surface area contributed by atoms with Gasteiger partial charge in [0.05, 0.1) is 10.7 Å². The van der Waals surface area contributed by atoms with Crippen LogP contribution in [0.1, 0.15) is 25.7 Å². The monoisotopic (exact) mass is 367 g/mol. The minimum Gasteiger partial charge on any atom is -0.268 e. The van der Waals surface area contributed by atoms with E-state index in [9.17, 15) is 13.2 Å². The van der Waals surface area contributed by atoms with Gasteiger partial charge in [0.25, 0.3) is 5.56 Å². The van der Waals surface area contributed by atoms with Crippen molar-refractivity contribution in [1.82, 2.24) is 14.5 Å². The molecule has 3 rings (SSSR count). The number of rotatable bonds is 3. The molecule has 24 heavy (non-hydrogen) atoms. The number of hydrogen-bond acceptors (Lipinski definition) is 4. The predicted molar refractivity (Wildman–Crippen MR) is 92.5 cm³/mol. The SMILES string of the molecule is O=c1ccc(-c2ccc(Cl)c(S(=O)(=O)N3CCCCCC3)c2)n[nH]1. The fourth-order valence-electron chi connectivity index (χ4n) is 2.79. The number of benzene rings is 1. The predicted octanol–water partition coefficient (Wildman–Crippen LogP) is 2.66. The van der Waals surface area contributed by atoms with Crippen molar-refractivity contribution in [3.8, 4) is 11.3 Å². The summed E-state index contributed by atoms with van der Waals surface area (Å²) in [5, 5.41) is 6.47. The first kappa shape index (κ1) is 17.1. The molecule has 6 nitrogen and oxygen atoms in total. The van der Waals surface area contributed by atoms with Crippen LogP contribution >= 0.6 is 11.6 Å². The Kier molecular flexibility index (Phi) is 5.03. The molecule has 1 fully saturated rings. The highest BCUT2D eigenvalue weighted by atomic mass is 35.5. The van der Waals surface area contributed by atoms with Gasteiger partial charge < -0.3 is 0 Å². The van der Waals surface area contributed by atoms with Gasteiger partial charge in [-0.15, -0.1) is 0 Å². The number of nitrogens with zero attached hydrogens (tertiary/aromatic N) is 2. The van der Waals surface area contributed by atoms with Gasteiger partial charge in [0.1, 0.15) is 4.90 Å². The lowest BCUT2D eigenvalue weighted by molar-refractivity contribution is 0.424. The lowest BCUT2D eigenvalue weighted by atomic mass is 10.1. The molecule has 1 saturated heterocycles. The second-order valence-corrected chi connectivity index (χ2v) is 8.08. The lowest BCUT2D eigenvalue weighted by Gasteiger charge is -2.21. The highest BCUT2D eigenvalue weighted by Gasteiger charge is 2.27. The highest BCUT2D eigenvalue weighted by Crippen LogP contribution is 2.30. The average molecular weight is 368 g/mol. The van der Waals surface area contributed by atoms with E-state index in [1.807, 2.05) is 0 Å². The molecule has 0 amide bonds. The summed E-state index contributed by atoms with van der Waals surface area (Å²) in [5.41, 5.74) is 0.757. The first-order valence-corrected chi connectivity index (χ1v) is 9.66. The number of halogens is 1. The van der Waals surface area contributed by atoms with E-state index in [1.165, 1.54) is 16.4 Å². The smallest absolute Gasteiger partial charge is 0.264 e. The quantitative estimate of drug-likeness (QED) is 0.903. The van der Waals surface area contributed by atoms with E-state index in [1.54, 1.807) is 18.2 Å². The van der Waals surface area contributed by atoms with Crippen LogP contribution in [0.3, 0.4) is 0 Å². The van der Waals surface area contributed by atoms with Crippen LogP contribution in [0.2, 0.25) is 5.02 Å². The minimum atomic E-state index is -3.65. The molecule has 1 aliphatic rings. The second-order valence-electron chi connectivity index (χ2n) is 5.77. The van der Waals surface area contributed by atoms with E-state index < -0.39 is 10.0 Å². The van der Waals surface area contributed by atoms with Crippen LogP contribution in [0.25, 0.3) is 11.3 Å². The van der Waals surface area contributed by atoms with Crippen molar-refractivity contribution in [1.29, 1.82) is 0 Å². The second kappa shape index (κ2) is 7.04. The molecule has 0 saturated carbocycles. The number of nitrogens with one attached hydrogen (secondary N) is 1. The first-order chi connectivity index (χ1) is 11.5. The Morgan fingerprint density at radius 1 is 1.04 bits per heavy atom. The van der Waals surface area contributed by atoms with Gasteiger partial charge >= 0.3 is 0 Å². The maximum Gasteiger partial charge on any atom is 0.264 e. The average Bonchev–Trinajstić information content (AvgIpc) is 2.86. The molecule has 0 atom stereocenters. The number of aromatic nitrogens is 2. The Morgan fingerprint density at radius 2 is 1.75 bits per heavy atom. The van der Waals surface area contributed by atoms with E-state index >= 15 is 0 Å². The van der Waals surface area contributed by atoms with Gasteiger partial charge in [-0.1, -0.05) is 30.5 Å². The molecule has 2 heterocycles. The Hall–Kier alpha value is -1.70. The number of hydrogen-bond donors (Lipinski definition) is 1. The van der Waals surface area contributed by atoms with Gasteiger partial charge in [0.15, 0.2) is 0 Å². The Labute approximate surface area is 145 Å². The van der Waals surface area contributed by atoms with E-state index in [2.05, 4.69) is 10.2 Å². The van der Waals surface area contributed by atoms with Crippen LogP contribution in [0.15, 0.2) is 40.0 Å². The third kappa shape index (κ3) is 3.53. The molecule has 2 aromatic rings. The summed E-state index contributed by atoms with van der Waals surface area (Å²) in [6, 6.07) is 7.65. The van der Waals surface area contributed by atoms with E-state index in [-0.39, 0.29) is 15.5 Å². The van der Waals surface area contributed by atoms with Crippen LogP contribution in [0.4, 0.5) is 0 Å². The van der Waals surface area contributed by atoms with Crippen molar-refractivity contribution in [2.24, 2.45) is 0 Å². The van der Waals surface area contributed by atoms with Crippen molar-refractivity contribution < 1.29 is 8.42 Å². The van der Waals surface area contributed by atoms with Crippen molar-refractivity contribution in [2.45, 2.75) is 30.6 Å². The molecule has 8 heteroatoms. The number of aromatic amines is 1. The maximum absolute atomic E-state index is 13.0. The van der Waals surface area contributed by atoms with E-state index in [4.69, 9.17) is 11.6 Å². The Morgan fingerprint density at radius 3 is 2.38 bits per heavy atom. The van der Waals surface area contributed by atoms with Crippen molar-refractivity contribution >= 4 is 21.6 Å². The van der Waals surface area contributed by atoms with Crippen molar-refractivity contribution in [3.63, 3.8) is 0 Å². The molecule has 1 N–H and O–H groups in total. The molecule has 128 valence electrons. The number of H-pyrrole nitrogens is 1. The zero-order valence-corrected chi connectivity index (χ0v) is 14.6. The molecular weight excluding hydrogens is 350 g/mol. The van der Waals surface area contributed by atoms with Gasteiger partial charge in [-0.25, -0.2) is 13.5 Å². The molecule has 1 aromatic carbocycles. The highest BCUT2D eigenvalue weighted by molar-refractivity contribution is 7.89. The summed E-state index contributed by atoms with van der Waals surface area (Å²) in [7, 11) is -3.65. The Balaban J connectivity index is 2.02. The van der Waals surface area contributed by atoms with Crippen LogP contribution in [-0.4, -0.2) is 36.0 Å². The van der Waals surface area contributed by atoms with E-state index in [0.717, 1.165) is 25.7 Å². The molecular formula is C16H18ClN3O3S. The van der Waals surface area contributed by atoms with Gasteiger partial charge in [-0.3, -0.25) is 4.79 Å². The lowest BCUT2D eigenvalue weighted by Crippen LogP contribution is -2.32. The van der Waals surface area contributed by atoms with Crippen molar-refractivity contribution in [2.75, 3.05) is 13.1 Å². The molecule has 1 aromatic heterocycles. The van der Waals surface area contributed by atoms with Gasteiger partial charge in [-0.2, -0.15) is 9.40 Å². The molecule has 0 radical (unpaired) electrons. The standard InChI is InChI=1S/C16H18ClN3O3S/c17-13-6-5-12(14-7-8-16(21)19-18-14)11-15(13)24(22,23)20-9-3-1-2-4-10-20/h5-8,11H,1-4,9-10H2,(H,19,21).